The lowest BCUT2D eigenvalue weighted by molar-refractivity contribution is -0.127. The van der Waals surface area contributed by atoms with Crippen LogP contribution < -0.4 is 0 Å². The van der Waals surface area contributed by atoms with E-state index in [1.807, 2.05) is 13.8 Å². The summed E-state index contributed by atoms with van der Waals surface area (Å²) >= 11 is 0. The number of hydrogen-bond donors (Lipinski definition) is 1. The van der Waals surface area contributed by atoms with Gasteiger partial charge in [-0.15, -0.1) is 0 Å². The first-order valence-electron chi connectivity index (χ1n) is 6.06. The van der Waals surface area contributed by atoms with Crippen LogP contribution in [0.2, 0.25) is 0 Å². The first-order chi connectivity index (χ1) is 8.82. The average Bonchev–Trinajstić information content (AvgIpc) is 2.26. The molecule has 0 radical (unpaired) electrons. The lowest BCUT2D eigenvalue weighted by Crippen LogP contribution is -2.32. The summed E-state index contributed by atoms with van der Waals surface area (Å²) in [5.74, 6) is -2.06. The largest absolute Gasteiger partial charge is 0.506 e. The molecule has 1 N–H and O–H groups in total. The molecule has 1 aromatic carbocycles. The number of Topliss-reactive ketones (excluding diaryl/α,β-unsaturated/α-hetero) is 2. The molecule has 4 heteroatoms. The van der Waals surface area contributed by atoms with Gasteiger partial charge in [0.2, 0.25) is 0 Å². The Morgan fingerprint density at radius 2 is 1.68 bits per heavy atom. The van der Waals surface area contributed by atoms with Crippen molar-refractivity contribution in [2.45, 2.75) is 26.7 Å². The maximum atomic E-state index is 13.6. The molecule has 0 heterocycles. The van der Waals surface area contributed by atoms with Crippen LogP contribution in [0.25, 0.3) is 5.76 Å². The molecule has 3 nitrogen and oxygen atoms in total. The molecule has 0 spiro atoms. The van der Waals surface area contributed by atoms with Crippen molar-refractivity contribution in [1.82, 2.24) is 0 Å². The zero-order chi connectivity index (χ0) is 14.2. The molecule has 1 aliphatic carbocycles. The number of carbonyl (C=O) groups is 2. The topological polar surface area (TPSA) is 54.4 Å². The predicted octanol–water partition coefficient (Wildman–Crippen LogP) is 3.05. The summed E-state index contributed by atoms with van der Waals surface area (Å²) in [7, 11) is 0. The van der Waals surface area contributed by atoms with Crippen molar-refractivity contribution >= 4 is 17.3 Å². The molecule has 100 valence electrons. The van der Waals surface area contributed by atoms with E-state index >= 15 is 0 Å². The molecule has 0 amide bonds. The maximum absolute atomic E-state index is 13.6. The third kappa shape index (κ3) is 2.57. The summed E-state index contributed by atoms with van der Waals surface area (Å²) in [6, 6.07) is 5.53. The molecule has 1 aliphatic rings. The van der Waals surface area contributed by atoms with Crippen LogP contribution in [0.3, 0.4) is 0 Å². The highest BCUT2D eigenvalue weighted by molar-refractivity contribution is 6.26. The molecular formula is C15H15FO3. The smallest absolute Gasteiger partial charge is 0.170 e. The Balaban J connectivity index is 2.50. The van der Waals surface area contributed by atoms with Crippen molar-refractivity contribution in [1.29, 1.82) is 0 Å². The second-order valence-corrected chi connectivity index (χ2v) is 5.57. The third-order valence-corrected chi connectivity index (χ3v) is 3.20. The first-order valence-corrected chi connectivity index (χ1v) is 6.06. The molecule has 0 aromatic heterocycles. The zero-order valence-corrected chi connectivity index (χ0v) is 10.9. The van der Waals surface area contributed by atoms with Crippen molar-refractivity contribution in [2.24, 2.45) is 5.41 Å². The number of rotatable bonds is 1. The van der Waals surface area contributed by atoms with Gasteiger partial charge in [-0.1, -0.05) is 26.0 Å². The Labute approximate surface area is 110 Å². The first kappa shape index (κ1) is 13.5. The van der Waals surface area contributed by atoms with Crippen LogP contribution in [-0.2, 0) is 9.59 Å². The SMILES string of the molecule is CC1(C)CC(=O)C(=C(O)c2ccccc2F)C(=O)C1. The van der Waals surface area contributed by atoms with Gasteiger partial charge >= 0.3 is 0 Å². The van der Waals surface area contributed by atoms with Crippen LogP contribution in [0.15, 0.2) is 29.8 Å². The molecule has 1 saturated carbocycles. The standard InChI is InChI=1S/C15H15FO3/c1-15(2)7-11(17)13(12(18)8-15)14(19)9-5-3-4-6-10(9)16/h3-6,19H,7-8H2,1-2H3. The quantitative estimate of drug-likeness (QED) is 0.481. The number of allylic oxidation sites excluding steroid dienone is 1. The third-order valence-electron chi connectivity index (χ3n) is 3.20. The molecule has 0 saturated heterocycles. The molecule has 0 unspecified atom stereocenters. The van der Waals surface area contributed by atoms with Crippen molar-refractivity contribution < 1.29 is 19.1 Å². The van der Waals surface area contributed by atoms with Crippen LogP contribution in [0, 0.1) is 11.2 Å². The Kier molecular flexibility index (Phi) is 3.27. The highest BCUT2D eigenvalue weighted by atomic mass is 19.1. The number of aliphatic hydroxyl groups excluding tert-OH is 1. The second kappa shape index (κ2) is 4.61. The van der Waals surface area contributed by atoms with E-state index in [4.69, 9.17) is 0 Å². The zero-order valence-electron chi connectivity index (χ0n) is 10.9. The fourth-order valence-electron chi connectivity index (χ4n) is 2.32. The molecular weight excluding hydrogens is 247 g/mol. The molecule has 0 bridgehead atoms. The van der Waals surface area contributed by atoms with Gasteiger partial charge in [0.05, 0.1) is 5.56 Å². The Morgan fingerprint density at radius 3 is 2.21 bits per heavy atom. The van der Waals surface area contributed by atoms with E-state index in [0.29, 0.717) is 0 Å². The maximum Gasteiger partial charge on any atom is 0.170 e. The van der Waals surface area contributed by atoms with Crippen molar-refractivity contribution in [3.8, 4) is 0 Å². The van der Waals surface area contributed by atoms with Crippen LogP contribution in [0.1, 0.15) is 32.3 Å². The molecule has 0 atom stereocenters. The summed E-state index contributed by atoms with van der Waals surface area (Å²) in [6.45, 7) is 3.64. The van der Waals surface area contributed by atoms with Crippen LogP contribution >= 0.6 is 0 Å². The fourth-order valence-corrected chi connectivity index (χ4v) is 2.32. The Bertz CT molecular complexity index is 563. The number of benzene rings is 1. The van der Waals surface area contributed by atoms with Gasteiger partial charge in [-0.25, -0.2) is 4.39 Å². The van der Waals surface area contributed by atoms with Crippen LogP contribution in [0.4, 0.5) is 4.39 Å². The van der Waals surface area contributed by atoms with E-state index in [9.17, 15) is 19.1 Å². The lowest BCUT2D eigenvalue weighted by Gasteiger charge is -2.28. The monoisotopic (exact) mass is 262 g/mol. The average molecular weight is 262 g/mol. The second-order valence-electron chi connectivity index (χ2n) is 5.57. The molecule has 1 aromatic rings. The van der Waals surface area contributed by atoms with Gasteiger partial charge in [0.15, 0.2) is 11.6 Å². The molecule has 0 aliphatic heterocycles. The number of halogens is 1. The Morgan fingerprint density at radius 1 is 1.16 bits per heavy atom. The normalized spacial score (nSPS) is 18.6. The summed E-state index contributed by atoms with van der Waals surface area (Å²) in [5, 5.41) is 10.0. The summed E-state index contributed by atoms with van der Waals surface area (Å²) in [5.41, 5.74) is -0.795. The molecule has 2 rings (SSSR count). The minimum absolute atomic E-state index is 0.112. The molecule has 1 fully saturated rings. The number of ketones is 2. The fraction of sp³-hybridized carbons (Fsp3) is 0.333. The van der Waals surface area contributed by atoms with Gasteiger partial charge in [0.1, 0.15) is 17.1 Å². The Hall–Kier alpha value is -1.97. The minimum atomic E-state index is -0.655. The van der Waals surface area contributed by atoms with E-state index in [0.717, 1.165) is 0 Å². The van der Waals surface area contributed by atoms with Crippen molar-refractivity contribution in [2.75, 3.05) is 0 Å². The summed E-state index contributed by atoms with van der Waals surface area (Å²) in [4.78, 5) is 24.0. The number of aliphatic hydroxyl groups is 1. The summed E-state index contributed by atoms with van der Waals surface area (Å²) < 4.78 is 13.6. The molecule has 19 heavy (non-hydrogen) atoms. The van der Waals surface area contributed by atoms with E-state index in [1.54, 1.807) is 0 Å². The van der Waals surface area contributed by atoms with Gasteiger partial charge in [0, 0.05) is 12.8 Å². The van der Waals surface area contributed by atoms with Crippen LogP contribution in [0.5, 0.6) is 0 Å². The highest BCUT2D eigenvalue weighted by Gasteiger charge is 2.38. The lowest BCUT2D eigenvalue weighted by atomic mass is 9.73. The highest BCUT2D eigenvalue weighted by Crippen LogP contribution is 2.36. The predicted molar refractivity (Wildman–Crippen MR) is 69.0 cm³/mol. The van der Waals surface area contributed by atoms with E-state index < -0.39 is 28.6 Å². The van der Waals surface area contributed by atoms with Gasteiger partial charge in [-0.05, 0) is 17.5 Å². The minimum Gasteiger partial charge on any atom is -0.506 e. The van der Waals surface area contributed by atoms with Gasteiger partial charge in [-0.2, -0.15) is 0 Å². The van der Waals surface area contributed by atoms with Gasteiger partial charge in [-0.3, -0.25) is 9.59 Å². The van der Waals surface area contributed by atoms with E-state index in [-0.39, 0.29) is 24.0 Å². The summed E-state index contributed by atoms with van der Waals surface area (Å²) in [6.07, 6.45) is 0.346. The van der Waals surface area contributed by atoms with Crippen LogP contribution in [-0.4, -0.2) is 16.7 Å². The van der Waals surface area contributed by atoms with Crippen molar-refractivity contribution in [3.63, 3.8) is 0 Å². The number of carbonyl (C=O) groups excluding carboxylic acids is 2. The van der Waals surface area contributed by atoms with Gasteiger partial charge in [0.25, 0.3) is 0 Å². The van der Waals surface area contributed by atoms with Gasteiger partial charge < -0.3 is 5.11 Å². The number of hydrogen-bond acceptors (Lipinski definition) is 3. The van der Waals surface area contributed by atoms with Crippen molar-refractivity contribution in [3.05, 3.63) is 41.2 Å². The van der Waals surface area contributed by atoms with E-state index in [2.05, 4.69) is 0 Å². The van der Waals surface area contributed by atoms with E-state index in [1.165, 1.54) is 24.3 Å².